The zero-order valence-electron chi connectivity index (χ0n) is 10.3. The SMILES string of the molecule is Cc1cc(Br)c2ccnc(Sc3ccccn3)c2c1. The molecule has 3 rings (SSSR count). The molecule has 0 bridgehead atoms. The van der Waals surface area contributed by atoms with Gasteiger partial charge in [0.15, 0.2) is 0 Å². The number of hydrogen-bond acceptors (Lipinski definition) is 3. The minimum absolute atomic E-state index is 0.958. The van der Waals surface area contributed by atoms with Gasteiger partial charge in [0.25, 0.3) is 0 Å². The minimum Gasteiger partial charge on any atom is -0.250 e. The van der Waals surface area contributed by atoms with Crippen LogP contribution in [0.2, 0.25) is 0 Å². The standard InChI is InChI=1S/C15H11BrN2S/c1-10-8-12-11(13(16)9-10)5-7-18-15(12)19-14-4-2-3-6-17-14/h2-9H,1H3. The first-order chi connectivity index (χ1) is 9.24. The van der Waals surface area contributed by atoms with E-state index in [0.717, 1.165) is 19.9 Å². The molecule has 2 heterocycles. The van der Waals surface area contributed by atoms with Gasteiger partial charge < -0.3 is 0 Å². The summed E-state index contributed by atoms with van der Waals surface area (Å²) in [7, 11) is 0. The van der Waals surface area contributed by atoms with Crippen molar-refractivity contribution in [3.8, 4) is 0 Å². The Labute approximate surface area is 124 Å². The van der Waals surface area contributed by atoms with Gasteiger partial charge >= 0.3 is 0 Å². The van der Waals surface area contributed by atoms with Crippen molar-refractivity contribution in [2.75, 3.05) is 0 Å². The normalized spacial score (nSPS) is 10.8. The van der Waals surface area contributed by atoms with Gasteiger partial charge in [0.05, 0.1) is 0 Å². The highest BCUT2D eigenvalue weighted by Gasteiger charge is 2.08. The van der Waals surface area contributed by atoms with Crippen LogP contribution in [0.25, 0.3) is 10.8 Å². The Morgan fingerprint density at radius 2 is 1.89 bits per heavy atom. The Bertz CT molecular complexity index is 729. The van der Waals surface area contributed by atoms with E-state index < -0.39 is 0 Å². The monoisotopic (exact) mass is 330 g/mol. The van der Waals surface area contributed by atoms with Gasteiger partial charge in [0.1, 0.15) is 10.1 Å². The zero-order valence-corrected chi connectivity index (χ0v) is 12.7. The summed E-state index contributed by atoms with van der Waals surface area (Å²) in [5.41, 5.74) is 1.22. The van der Waals surface area contributed by atoms with E-state index in [0.29, 0.717) is 0 Å². The number of nitrogens with zero attached hydrogens (tertiary/aromatic N) is 2. The number of halogens is 1. The van der Waals surface area contributed by atoms with Crippen molar-refractivity contribution in [1.29, 1.82) is 0 Å². The molecule has 1 aromatic carbocycles. The molecule has 0 unspecified atom stereocenters. The van der Waals surface area contributed by atoms with Crippen LogP contribution in [0.4, 0.5) is 0 Å². The Balaban J connectivity index is 2.14. The smallest absolute Gasteiger partial charge is 0.110 e. The molecule has 4 heteroatoms. The summed E-state index contributed by atoms with van der Waals surface area (Å²) < 4.78 is 1.10. The average molecular weight is 331 g/mol. The quantitative estimate of drug-likeness (QED) is 0.671. The Morgan fingerprint density at radius 3 is 2.68 bits per heavy atom. The molecule has 0 aliphatic rings. The fraction of sp³-hybridized carbons (Fsp3) is 0.0667. The molecule has 2 aromatic heterocycles. The van der Waals surface area contributed by atoms with Crippen molar-refractivity contribution in [1.82, 2.24) is 9.97 Å². The molecule has 0 N–H and O–H groups in total. The molecule has 0 amide bonds. The van der Waals surface area contributed by atoms with Crippen LogP contribution in [0, 0.1) is 6.92 Å². The van der Waals surface area contributed by atoms with Crippen molar-refractivity contribution in [3.63, 3.8) is 0 Å². The molecule has 0 aliphatic carbocycles. The Kier molecular flexibility index (Phi) is 3.53. The Morgan fingerprint density at radius 1 is 1.00 bits per heavy atom. The van der Waals surface area contributed by atoms with Gasteiger partial charge in [-0.25, -0.2) is 9.97 Å². The molecule has 0 spiro atoms. The van der Waals surface area contributed by atoms with Crippen molar-refractivity contribution < 1.29 is 0 Å². The number of benzene rings is 1. The predicted molar refractivity (Wildman–Crippen MR) is 82.5 cm³/mol. The topological polar surface area (TPSA) is 25.8 Å². The largest absolute Gasteiger partial charge is 0.250 e. The van der Waals surface area contributed by atoms with E-state index in [1.54, 1.807) is 18.0 Å². The summed E-state index contributed by atoms with van der Waals surface area (Å²) >= 11 is 5.21. The lowest BCUT2D eigenvalue weighted by molar-refractivity contribution is 1.11. The van der Waals surface area contributed by atoms with E-state index in [1.807, 2.05) is 30.5 Å². The molecule has 0 aliphatic heterocycles. The molecule has 19 heavy (non-hydrogen) atoms. The highest BCUT2D eigenvalue weighted by atomic mass is 79.9. The van der Waals surface area contributed by atoms with Crippen LogP contribution in [0.3, 0.4) is 0 Å². The maximum atomic E-state index is 4.49. The van der Waals surface area contributed by atoms with E-state index in [4.69, 9.17) is 0 Å². The summed E-state index contributed by atoms with van der Waals surface area (Å²) in [6, 6.07) is 12.2. The third kappa shape index (κ3) is 2.65. The second-order valence-electron chi connectivity index (χ2n) is 4.23. The van der Waals surface area contributed by atoms with Gasteiger partial charge in [0, 0.05) is 27.6 Å². The fourth-order valence-corrected chi connectivity index (χ4v) is 3.49. The predicted octanol–water partition coefficient (Wildman–Crippen LogP) is 4.85. The van der Waals surface area contributed by atoms with Crippen LogP contribution in [0.15, 0.2) is 63.3 Å². The summed E-state index contributed by atoms with van der Waals surface area (Å²) in [4.78, 5) is 8.82. The van der Waals surface area contributed by atoms with E-state index in [1.165, 1.54) is 10.9 Å². The van der Waals surface area contributed by atoms with Crippen molar-refractivity contribution in [3.05, 3.63) is 58.8 Å². The van der Waals surface area contributed by atoms with Crippen LogP contribution < -0.4 is 0 Å². The minimum atomic E-state index is 0.958. The van der Waals surface area contributed by atoms with E-state index in [2.05, 4.69) is 45.0 Å². The number of fused-ring (bicyclic) bond motifs is 1. The van der Waals surface area contributed by atoms with E-state index in [9.17, 15) is 0 Å². The van der Waals surface area contributed by atoms with Crippen LogP contribution >= 0.6 is 27.7 Å². The summed E-state index contributed by atoms with van der Waals surface area (Å²) in [6.07, 6.45) is 3.64. The Hall–Kier alpha value is -1.39. The first kappa shape index (κ1) is 12.6. The molecular formula is C15H11BrN2S. The first-order valence-corrected chi connectivity index (χ1v) is 7.49. The summed E-state index contributed by atoms with van der Waals surface area (Å²) in [5.74, 6) is 0. The van der Waals surface area contributed by atoms with Crippen LogP contribution in [0.1, 0.15) is 5.56 Å². The summed E-state index contributed by atoms with van der Waals surface area (Å²) in [5, 5.41) is 4.28. The van der Waals surface area contributed by atoms with Gasteiger partial charge in [-0.15, -0.1) is 0 Å². The molecule has 0 saturated carbocycles. The second kappa shape index (κ2) is 5.31. The summed E-state index contributed by atoms with van der Waals surface area (Å²) in [6.45, 7) is 2.09. The van der Waals surface area contributed by atoms with Gasteiger partial charge in [-0.1, -0.05) is 22.0 Å². The zero-order chi connectivity index (χ0) is 13.2. The number of hydrogen-bond donors (Lipinski definition) is 0. The molecule has 3 aromatic rings. The molecule has 0 saturated heterocycles. The maximum absolute atomic E-state index is 4.49. The molecule has 0 fully saturated rings. The van der Waals surface area contributed by atoms with Gasteiger partial charge in [-0.3, -0.25) is 0 Å². The highest BCUT2D eigenvalue weighted by molar-refractivity contribution is 9.10. The maximum Gasteiger partial charge on any atom is 0.110 e. The average Bonchev–Trinajstić information content (AvgIpc) is 2.41. The lowest BCUT2D eigenvalue weighted by atomic mass is 10.1. The highest BCUT2D eigenvalue weighted by Crippen LogP contribution is 2.34. The lowest BCUT2D eigenvalue weighted by Crippen LogP contribution is -1.86. The second-order valence-corrected chi connectivity index (χ2v) is 6.09. The third-order valence-corrected chi connectivity index (χ3v) is 4.40. The third-order valence-electron chi connectivity index (χ3n) is 2.78. The molecular weight excluding hydrogens is 320 g/mol. The lowest BCUT2D eigenvalue weighted by Gasteiger charge is -2.07. The van der Waals surface area contributed by atoms with Crippen molar-refractivity contribution in [2.45, 2.75) is 17.0 Å². The van der Waals surface area contributed by atoms with Crippen LogP contribution in [-0.4, -0.2) is 9.97 Å². The molecule has 94 valence electrons. The molecule has 0 radical (unpaired) electrons. The van der Waals surface area contributed by atoms with E-state index >= 15 is 0 Å². The first-order valence-electron chi connectivity index (χ1n) is 5.88. The number of rotatable bonds is 2. The number of aryl methyl sites for hydroxylation is 1. The molecule has 2 nitrogen and oxygen atoms in total. The number of aromatic nitrogens is 2. The molecule has 0 atom stereocenters. The van der Waals surface area contributed by atoms with Gasteiger partial charge in [-0.2, -0.15) is 0 Å². The van der Waals surface area contributed by atoms with Crippen molar-refractivity contribution >= 4 is 38.5 Å². The fourth-order valence-electron chi connectivity index (χ4n) is 1.94. The van der Waals surface area contributed by atoms with Gasteiger partial charge in [0.2, 0.25) is 0 Å². The van der Waals surface area contributed by atoms with E-state index in [-0.39, 0.29) is 0 Å². The van der Waals surface area contributed by atoms with Crippen LogP contribution in [0.5, 0.6) is 0 Å². The van der Waals surface area contributed by atoms with Gasteiger partial charge in [-0.05, 0) is 54.6 Å². The van der Waals surface area contributed by atoms with Crippen LogP contribution in [-0.2, 0) is 0 Å². The van der Waals surface area contributed by atoms with Crippen molar-refractivity contribution in [2.24, 2.45) is 0 Å². The number of pyridine rings is 2.